The third-order valence-electron chi connectivity index (χ3n) is 4.18. The lowest BCUT2D eigenvalue weighted by Gasteiger charge is -2.08. The van der Waals surface area contributed by atoms with E-state index in [0.717, 1.165) is 34.8 Å². The molecule has 1 aromatic carbocycles. The minimum absolute atomic E-state index is 0.555. The van der Waals surface area contributed by atoms with Crippen LogP contribution in [0.3, 0.4) is 0 Å². The van der Waals surface area contributed by atoms with Crippen LogP contribution in [0, 0.1) is 6.92 Å². The lowest BCUT2D eigenvalue weighted by molar-refractivity contribution is 0.414. The number of aryl methyl sites for hydroxylation is 2. The fourth-order valence-electron chi connectivity index (χ4n) is 2.72. The van der Waals surface area contributed by atoms with E-state index in [-0.39, 0.29) is 0 Å². The van der Waals surface area contributed by atoms with Gasteiger partial charge in [-0.2, -0.15) is 10.2 Å². The van der Waals surface area contributed by atoms with E-state index in [1.165, 1.54) is 0 Å². The van der Waals surface area contributed by atoms with E-state index in [9.17, 15) is 0 Å². The van der Waals surface area contributed by atoms with Crippen molar-refractivity contribution in [1.82, 2.24) is 24.9 Å². The second-order valence-corrected chi connectivity index (χ2v) is 6.59. The van der Waals surface area contributed by atoms with Crippen LogP contribution in [0.15, 0.2) is 42.9 Å². The molecule has 3 aromatic rings. The van der Waals surface area contributed by atoms with Crippen LogP contribution in [0.4, 0.5) is 5.69 Å². The Kier molecular flexibility index (Phi) is 6.08. The molecule has 2 heterocycles. The Morgan fingerprint density at radius 3 is 2.85 bits per heavy atom. The molecule has 2 aromatic heterocycles. The molecule has 142 valence electrons. The number of rotatable bonds is 7. The summed E-state index contributed by atoms with van der Waals surface area (Å²) in [5, 5.41) is 15.8. The minimum atomic E-state index is 0.555. The largest absolute Gasteiger partial charge is 0.497 e. The van der Waals surface area contributed by atoms with Gasteiger partial charge >= 0.3 is 0 Å². The second kappa shape index (κ2) is 8.68. The van der Waals surface area contributed by atoms with Crippen molar-refractivity contribution < 1.29 is 4.74 Å². The number of aromatic nitrogens is 4. The summed E-state index contributed by atoms with van der Waals surface area (Å²) in [6.07, 6.45) is 5.72. The summed E-state index contributed by atoms with van der Waals surface area (Å²) in [5.41, 5.74) is 4.11. The summed E-state index contributed by atoms with van der Waals surface area (Å²) >= 11 is 5.38. The first kappa shape index (κ1) is 18.9. The van der Waals surface area contributed by atoms with Crippen molar-refractivity contribution in [2.75, 3.05) is 12.4 Å². The molecule has 0 saturated carbocycles. The van der Waals surface area contributed by atoms with Gasteiger partial charge in [-0.15, -0.1) is 0 Å². The van der Waals surface area contributed by atoms with Gasteiger partial charge in [0, 0.05) is 31.0 Å². The standard InChI is InChI=1S/C19H24N6OS/c1-4-24-12-16(14(2)23-24)9-20-19(27)22-17-10-21-25(13-17)11-15-6-5-7-18(8-15)26-3/h5-8,10,12-13H,4,9,11H2,1-3H3,(H2,20,22,27). The molecule has 0 amide bonds. The molecule has 0 radical (unpaired) electrons. The summed E-state index contributed by atoms with van der Waals surface area (Å²) in [4.78, 5) is 0. The normalized spacial score (nSPS) is 10.6. The molecule has 0 bridgehead atoms. The smallest absolute Gasteiger partial charge is 0.171 e. The van der Waals surface area contributed by atoms with Gasteiger partial charge in [-0.25, -0.2) is 0 Å². The van der Waals surface area contributed by atoms with Gasteiger partial charge < -0.3 is 15.4 Å². The van der Waals surface area contributed by atoms with Crippen LogP contribution >= 0.6 is 12.2 Å². The molecular formula is C19H24N6OS. The number of thiocarbonyl (C=S) groups is 1. The summed E-state index contributed by atoms with van der Waals surface area (Å²) in [7, 11) is 1.66. The predicted molar refractivity (Wildman–Crippen MR) is 110 cm³/mol. The summed E-state index contributed by atoms with van der Waals surface area (Å²) < 4.78 is 9.04. The quantitative estimate of drug-likeness (QED) is 0.611. The SMILES string of the molecule is CCn1cc(CNC(=S)Nc2cnn(Cc3cccc(OC)c3)c2)c(C)n1. The number of methoxy groups -OCH3 is 1. The first-order valence-electron chi connectivity index (χ1n) is 8.80. The maximum Gasteiger partial charge on any atom is 0.171 e. The molecule has 27 heavy (non-hydrogen) atoms. The molecule has 2 N–H and O–H groups in total. The number of nitrogens with zero attached hydrogens (tertiary/aromatic N) is 4. The van der Waals surface area contributed by atoms with Gasteiger partial charge in [0.1, 0.15) is 5.75 Å². The highest BCUT2D eigenvalue weighted by Crippen LogP contribution is 2.14. The van der Waals surface area contributed by atoms with Crippen molar-refractivity contribution in [2.45, 2.75) is 33.5 Å². The average Bonchev–Trinajstić information content (AvgIpc) is 3.26. The zero-order valence-electron chi connectivity index (χ0n) is 15.8. The van der Waals surface area contributed by atoms with Crippen molar-refractivity contribution in [3.63, 3.8) is 0 Å². The Labute approximate surface area is 164 Å². The topological polar surface area (TPSA) is 68.9 Å². The molecule has 0 aliphatic rings. The Morgan fingerprint density at radius 2 is 2.11 bits per heavy atom. The molecule has 7 nitrogen and oxygen atoms in total. The highest BCUT2D eigenvalue weighted by molar-refractivity contribution is 7.80. The first-order chi connectivity index (χ1) is 13.1. The number of hydrogen-bond acceptors (Lipinski definition) is 4. The third-order valence-corrected chi connectivity index (χ3v) is 4.43. The summed E-state index contributed by atoms with van der Waals surface area (Å²) in [6.45, 7) is 6.22. The maximum absolute atomic E-state index is 5.38. The van der Waals surface area contributed by atoms with Gasteiger partial charge in [-0.3, -0.25) is 9.36 Å². The first-order valence-corrected chi connectivity index (χ1v) is 9.21. The van der Waals surface area contributed by atoms with Crippen molar-refractivity contribution >= 4 is 23.0 Å². The second-order valence-electron chi connectivity index (χ2n) is 6.18. The predicted octanol–water partition coefficient (Wildman–Crippen LogP) is 2.95. The lowest BCUT2D eigenvalue weighted by Crippen LogP contribution is -2.27. The third kappa shape index (κ3) is 5.07. The Bertz CT molecular complexity index is 917. The summed E-state index contributed by atoms with van der Waals surface area (Å²) in [5.74, 6) is 0.838. The number of anilines is 1. The van der Waals surface area contributed by atoms with Gasteiger partial charge in [0.25, 0.3) is 0 Å². The molecule has 3 rings (SSSR count). The van der Waals surface area contributed by atoms with Gasteiger partial charge in [-0.05, 0) is 43.8 Å². The zero-order valence-corrected chi connectivity index (χ0v) is 16.6. The Balaban J connectivity index is 1.53. The number of ether oxygens (including phenoxy) is 1. The fraction of sp³-hybridized carbons (Fsp3) is 0.316. The minimum Gasteiger partial charge on any atom is -0.497 e. The highest BCUT2D eigenvalue weighted by atomic mass is 32.1. The molecule has 0 fully saturated rings. The van der Waals surface area contributed by atoms with Crippen LogP contribution in [0.5, 0.6) is 5.75 Å². The maximum atomic E-state index is 5.38. The molecule has 0 spiro atoms. The van der Waals surface area contributed by atoms with Gasteiger partial charge in [0.2, 0.25) is 0 Å². The Morgan fingerprint density at radius 1 is 1.26 bits per heavy atom. The number of hydrogen-bond donors (Lipinski definition) is 2. The monoisotopic (exact) mass is 384 g/mol. The van der Waals surface area contributed by atoms with Crippen molar-refractivity contribution in [3.8, 4) is 5.75 Å². The van der Waals surface area contributed by atoms with Crippen LogP contribution < -0.4 is 15.4 Å². The van der Waals surface area contributed by atoms with Crippen LogP contribution in [-0.4, -0.2) is 31.8 Å². The van der Waals surface area contributed by atoms with E-state index in [0.29, 0.717) is 18.2 Å². The number of benzene rings is 1. The molecule has 0 aliphatic carbocycles. The molecule has 0 aliphatic heterocycles. The highest BCUT2D eigenvalue weighted by Gasteiger charge is 2.06. The lowest BCUT2D eigenvalue weighted by atomic mass is 10.2. The van der Waals surface area contributed by atoms with Crippen LogP contribution in [0.2, 0.25) is 0 Å². The van der Waals surface area contributed by atoms with Crippen LogP contribution in [0.1, 0.15) is 23.7 Å². The van der Waals surface area contributed by atoms with E-state index in [1.807, 2.05) is 52.9 Å². The van der Waals surface area contributed by atoms with Gasteiger partial charge in [0.05, 0.1) is 31.2 Å². The van der Waals surface area contributed by atoms with E-state index < -0.39 is 0 Å². The Hall–Kier alpha value is -2.87. The molecule has 0 atom stereocenters. The zero-order chi connectivity index (χ0) is 19.2. The van der Waals surface area contributed by atoms with E-state index in [1.54, 1.807) is 13.3 Å². The van der Waals surface area contributed by atoms with E-state index in [2.05, 4.69) is 27.8 Å². The molecule has 0 unspecified atom stereocenters. The van der Waals surface area contributed by atoms with Gasteiger partial charge in [-0.1, -0.05) is 12.1 Å². The van der Waals surface area contributed by atoms with Gasteiger partial charge in [0.15, 0.2) is 5.11 Å². The molecular weight excluding hydrogens is 360 g/mol. The van der Waals surface area contributed by atoms with E-state index >= 15 is 0 Å². The molecule has 8 heteroatoms. The number of nitrogens with one attached hydrogen (secondary N) is 2. The average molecular weight is 385 g/mol. The molecule has 0 saturated heterocycles. The van der Waals surface area contributed by atoms with Crippen molar-refractivity contribution in [3.05, 3.63) is 59.7 Å². The fourth-order valence-corrected chi connectivity index (χ4v) is 2.91. The van der Waals surface area contributed by atoms with E-state index in [4.69, 9.17) is 17.0 Å². The van der Waals surface area contributed by atoms with Crippen molar-refractivity contribution in [2.24, 2.45) is 0 Å². The van der Waals surface area contributed by atoms with Crippen LogP contribution in [0.25, 0.3) is 0 Å². The van der Waals surface area contributed by atoms with Crippen LogP contribution in [-0.2, 0) is 19.6 Å². The summed E-state index contributed by atoms with van der Waals surface area (Å²) in [6, 6.07) is 7.94. The van der Waals surface area contributed by atoms with Crippen molar-refractivity contribution in [1.29, 1.82) is 0 Å².